The van der Waals surface area contributed by atoms with E-state index in [0.717, 1.165) is 16.7 Å². The predicted octanol–water partition coefficient (Wildman–Crippen LogP) is 3.24. The fourth-order valence-corrected chi connectivity index (χ4v) is 3.34. The SMILES string of the molecule is CC(c1nc(-c2ccccc2)no1)S(=O)Cc1ccc(CO)cc1. The molecule has 0 bridgehead atoms. The Kier molecular flexibility index (Phi) is 5.17. The van der Waals surface area contributed by atoms with E-state index in [1.54, 1.807) is 0 Å². The van der Waals surface area contributed by atoms with Gasteiger partial charge in [-0.15, -0.1) is 0 Å². The first-order valence-electron chi connectivity index (χ1n) is 7.62. The monoisotopic (exact) mass is 342 g/mol. The van der Waals surface area contributed by atoms with Gasteiger partial charge in [-0.25, -0.2) is 0 Å². The highest BCUT2D eigenvalue weighted by molar-refractivity contribution is 7.84. The van der Waals surface area contributed by atoms with Crippen LogP contribution in [0.1, 0.15) is 29.2 Å². The minimum absolute atomic E-state index is 0.00399. The van der Waals surface area contributed by atoms with Crippen molar-refractivity contribution in [1.29, 1.82) is 0 Å². The molecule has 2 aromatic carbocycles. The van der Waals surface area contributed by atoms with Gasteiger partial charge < -0.3 is 9.63 Å². The topological polar surface area (TPSA) is 76.2 Å². The van der Waals surface area contributed by atoms with Gasteiger partial charge in [0.15, 0.2) is 0 Å². The quantitative estimate of drug-likeness (QED) is 0.744. The molecule has 0 aliphatic heterocycles. The molecule has 3 rings (SSSR count). The predicted molar refractivity (Wildman–Crippen MR) is 92.4 cm³/mol. The molecule has 0 aliphatic rings. The average molecular weight is 342 g/mol. The molecule has 124 valence electrons. The molecule has 0 spiro atoms. The van der Waals surface area contributed by atoms with Crippen LogP contribution in [0.25, 0.3) is 11.4 Å². The molecule has 0 aliphatic carbocycles. The van der Waals surface area contributed by atoms with Gasteiger partial charge in [-0.3, -0.25) is 4.21 Å². The van der Waals surface area contributed by atoms with Gasteiger partial charge in [0.05, 0.1) is 6.61 Å². The lowest BCUT2D eigenvalue weighted by Crippen LogP contribution is -2.06. The molecule has 2 atom stereocenters. The van der Waals surface area contributed by atoms with Crippen LogP contribution in [0.5, 0.6) is 0 Å². The van der Waals surface area contributed by atoms with Gasteiger partial charge in [-0.2, -0.15) is 4.98 Å². The molecule has 0 saturated heterocycles. The van der Waals surface area contributed by atoms with Crippen molar-refractivity contribution in [2.75, 3.05) is 0 Å². The fraction of sp³-hybridized carbons (Fsp3) is 0.222. The molecule has 3 aromatic rings. The Morgan fingerprint density at radius 2 is 1.75 bits per heavy atom. The van der Waals surface area contributed by atoms with Crippen LogP contribution in [0.3, 0.4) is 0 Å². The summed E-state index contributed by atoms with van der Waals surface area (Å²) in [5, 5.41) is 12.7. The third kappa shape index (κ3) is 3.77. The highest BCUT2D eigenvalue weighted by Gasteiger charge is 2.21. The summed E-state index contributed by atoms with van der Waals surface area (Å²) in [5.74, 6) is 1.27. The number of rotatable bonds is 6. The summed E-state index contributed by atoms with van der Waals surface area (Å²) in [7, 11) is -1.18. The van der Waals surface area contributed by atoms with E-state index < -0.39 is 10.8 Å². The van der Waals surface area contributed by atoms with Crippen LogP contribution in [0.15, 0.2) is 59.1 Å². The molecular weight excluding hydrogens is 324 g/mol. The largest absolute Gasteiger partial charge is 0.392 e. The van der Waals surface area contributed by atoms with E-state index in [4.69, 9.17) is 9.63 Å². The maximum absolute atomic E-state index is 12.5. The summed E-state index contributed by atoms with van der Waals surface area (Å²) in [4.78, 5) is 4.37. The van der Waals surface area contributed by atoms with Crippen LogP contribution in [-0.2, 0) is 23.2 Å². The Balaban J connectivity index is 1.70. The van der Waals surface area contributed by atoms with E-state index in [-0.39, 0.29) is 11.9 Å². The number of hydrogen-bond acceptors (Lipinski definition) is 5. The first-order valence-corrected chi connectivity index (χ1v) is 9.00. The number of aliphatic hydroxyl groups excluding tert-OH is 1. The molecular formula is C18H18N2O3S. The molecule has 0 fully saturated rings. The van der Waals surface area contributed by atoms with Gasteiger partial charge in [-0.05, 0) is 18.1 Å². The lowest BCUT2D eigenvalue weighted by molar-refractivity contribution is 0.282. The molecule has 1 N–H and O–H groups in total. The van der Waals surface area contributed by atoms with E-state index >= 15 is 0 Å². The Bertz CT molecular complexity index is 816. The van der Waals surface area contributed by atoms with Crippen molar-refractivity contribution in [2.24, 2.45) is 0 Å². The van der Waals surface area contributed by atoms with Gasteiger partial charge >= 0.3 is 0 Å². The molecule has 1 aromatic heterocycles. The second-order valence-electron chi connectivity index (χ2n) is 5.46. The van der Waals surface area contributed by atoms with Gasteiger partial charge in [0.1, 0.15) is 5.25 Å². The van der Waals surface area contributed by atoms with Gasteiger partial charge in [0.2, 0.25) is 11.7 Å². The highest BCUT2D eigenvalue weighted by atomic mass is 32.2. The Morgan fingerprint density at radius 1 is 1.08 bits per heavy atom. The lowest BCUT2D eigenvalue weighted by atomic mass is 10.2. The summed E-state index contributed by atoms with van der Waals surface area (Å²) >= 11 is 0. The number of aromatic nitrogens is 2. The molecule has 6 heteroatoms. The van der Waals surface area contributed by atoms with Gasteiger partial charge in [0.25, 0.3) is 0 Å². The second kappa shape index (κ2) is 7.51. The Hall–Kier alpha value is -2.31. The molecule has 24 heavy (non-hydrogen) atoms. The first-order chi connectivity index (χ1) is 11.7. The molecule has 5 nitrogen and oxygen atoms in total. The van der Waals surface area contributed by atoms with Gasteiger partial charge in [-0.1, -0.05) is 59.8 Å². The van der Waals surface area contributed by atoms with Crippen LogP contribution in [0, 0.1) is 0 Å². The number of aliphatic hydroxyl groups is 1. The number of nitrogens with zero attached hydrogens (tertiary/aromatic N) is 2. The minimum atomic E-state index is -1.18. The van der Waals surface area contributed by atoms with Crippen LogP contribution in [0.4, 0.5) is 0 Å². The lowest BCUT2D eigenvalue weighted by Gasteiger charge is -2.07. The van der Waals surface area contributed by atoms with E-state index in [9.17, 15) is 4.21 Å². The van der Waals surface area contributed by atoms with Crippen molar-refractivity contribution >= 4 is 10.8 Å². The summed E-state index contributed by atoms with van der Waals surface area (Å²) in [6.45, 7) is 1.82. The van der Waals surface area contributed by atoms with Crippen LogP contribution in [0.2, 0.25) is 0 Å². The number of hydrogen-bond donors (Lipinski definition) is 1. The zero-order valence-electron chi connectivity index (χ0n) is 13.3. The van der Waals surface area contributed by atoms with Crippen LogP contribution in [-0.4, -0.2) is 19.5 Å². The smallest absolute Gasteiger partial charge is 0.242 e. The van der Waals surface area contributed by atoms with Crippen molar-refractivity contribution in [3.05, 3.63) is 71.6 Å². The van der Waals surface area contributed by atoms with E-state index in [2.05, 4.69) is 10.1 Å². The summed E-state index contributed by atoms with van der Waals surface area (Å²) in [6, 6.07) is 16.9. The molecule has 1 heterocycles. The van der Waals surface area contributed by atoms with Crippen LogP contribution >= 0.6 is 0 Å². The van der Waals surface area contributed by atoms with Crippen molar-refractivity contribution < 1.29 is 13.8 Å². The van der Waals surface area contributed by atoms with Crippen molar-refractivity contribution in [3.63, 3.8) is 0 Å². The summed E-state index contributed by atoms with van der Waals surface area (Å²) in [5.41, 5.74) is 2.65. The van der Waals surface area contributed by atoms with E-state index in [1.807, 2.05) is 61.5 Å². The minimum Gasteiger partial charge on any atom is -0.392 e. The third-order valence-corrected chi connectivity index (χ3v) is 5.34. The second-order valence-corrected chi connectivity index (χ2v) is 7.22. The maximum atomic E-state index is 12.5. The van der Waals surface area contributed by atoms with Crippen LogP contribution < -0.4 is 0 Å². The Labute approximate surface area is 142 Å². The highest BCUT2D eigenvalue weighted by Crippen LogP contribution is 2.23. The van der Waals surface area contributed by atoms with Crippen molar-refractivity contribution in [3.8, 4) is 11.4 Å². The molecule has 2 unspecified atom stereocenters. The summed E-state index contributed by atoms with van der Waals surface area (Å²) in [6.07, 6.45) is 0. The third-order valence-electron chi connectivity index (χ3n) is 3.73. The zero-order valence-corrected chi connectivity index (χ0v) is 14.1. The Morgan fingerprint density at radius 3 is 2.42 bits per heavy atom. The first kappa shape index (κ1) is 16.5. The standard InChI is InChI=1S/C18H18N2O3S/c1-13(24(22)12-15-9-7-14(11-21)8-10-15)18-19-17(20-23-18)16-5-3-2-4-6-16/h2-10,13,21H,11-12H2,1H3. The zero-order chi connectivity index (χ0) is 16.9. The van der Waals surface area contributed by atoms with Crippen molar-refractivity contribution in [2.45, 2.75) is 24.5 Å². The fourth-order valence-electron chi connectivity index (χ4n) is 2.25. The van der Waals surface area contributed by atoms with E-state index in [1.165, 1.54) is 0 Å². The van der Waals surface area contributed by atoms with E-state index in [0.29, 0.717) is 17.5 Å². The summed E-state index contributed by atoms with van der Waals surface area (Å²) < 4.78 is 17.8. The average Bonchev–Trinajstić information content (AvgIpc) is 3.12. The van der Waals surface area contributed by atoms with Crippen molar-refractivity contribution in [1.82, 2.24) is 10.1 Å². The van der Waals surface area contributed by atoms with Gasteiger partial charge in [0, 0.05) is 22.1 Å². The molecule has 0 amide bonds. The number of benzene rings is 2. The molecule has 0 radical (unpaired) electrons. The maximum Gasteiger partial charge on any atom is 0.242 e. The normalized spacial score (nSPS) is 13.6. The molecule has 0 saturated carbocycles.